The Labute approximate surface area is 183 Å². The van der Waals surface area contributed by atoms with Crippen LogP contribution >= 0.6 is 11.6 Å². The van der Waals surface area contributed by atoms with E-state index < -0.39 is 5.97 Å². The van der Waals surface area contributed by atoms with Crippen LogP contribution in [-0.2, 0) is 11.3 Å². The summed E-state index contributed by atoms with van der Waals surface area (Å²) >= 11 is 6.75. The molecule has 5 heteroatoms. The molecule has 30 heavy (non-hydrogen) atoms. The third-order valence-electron chi connectivity index (χ3n) is 7.36. The first-order chi connectivity index (χ1) is 14.3. The second-order valence-corrected chi connectivity index (χ2v) is 10.2. The molecule has 4 nitrogen and oxygen atoms in total. The van der Waals surface area contributed by atoms with Gasteiger partial charge >= 0.3 is 5.97 Å². The number of hydrogen-bond acceptors (Lipinski definition) is 3. The highest BCUT2D eigenvalue weighted by Gasteiger charge is 2.51. The van der Waals surface area contributed by atoms with E-state index in [1.807, 2.05) is 19.9 Å². The fraction of sp³-hybridized carbons (Fsp3) is 0.560. The lowest BCUT2D eigenvalue weighted by Gasteiger charge is -2.50. The van der Waals surface area contributed by atoms with Gasteiger partial charge in [-0.15, -0.1) is 0 Å². The number of halogens is 1. The Kier molecular flexibility index (Phi) is 6.00. The van der Waals surface area contributed by atoms with E-state index in [1.165, 1.54) is 12.8 Å². The Hall–Kier alpha value is -1.78. The van der Waals surface area contributed by atoms with Crippen LogP contribution in [0.25, 0.3) is 10.8 Å². The molecule has 162 valence electrons. The van der Waals surface area contributed by atoms with Crippen LogP contribution in [0, 0.1) is 17.3 Å². The van der Waals surface area contributed by atoms with Crippen molar-refractivity contribution in [3.8, 4) is 5.75 Å². The van der Waals surface area contributed by atoms with Crippen molar-refractivity contribution in [1.29, 1.82) is 0 Å². The molecule has 4 rings (SSSR count). The molecular weight excluding hydrogens is 398 g/mol. The molecule has 0 aromatic heterocycles. The number of aliphatic carboxylic acids is 1. The Morgan fingerprint density at radius 3 is 2.57 bits per heavy atom. The number of carboxylic acids is 1. The highest BCUT2D eigenvalue weighted by Crippen LogP contribution is 2.46. The van der Waals surface area contributed by atoms with Gasteiger partial charge in [0, 0.05) is 18.0 Å². The largest absolute Gasteiger partial charge is 0.489 e. The molecule has 0 amide bonds. The number of benzene rings is 2. The monoisotopic (exact) mass is 429 g/mol. The van der Waals surface area contributed by atoms with E-state index in [4.69, 9.17) is 16.3 Å². The van der Waals surface area contributed by atoms with Crippen molar-refractivity contribution < 1.29 is 14.6 Å². The van der Waals surface area contributed by atoms with Gasteiger partial charge in [0.1, 0.15) is 5.75 Å². The molecule has 0 saturated heterocycles. The predicted molar refractivity (Wildman–Crippen MR) is 121 cm³/mol. The molecule has 2 aromatic rings. The molecule has 0 heterocycles. The lowest BCUT2D eigenvalue weighted by Crippen LogP contribution is -2.58. The van der Waals surface area contributed by atoms with Gasteiger partial charge in [-0.1, -0.05) is 50.6 Å². The van der Waals surface area contributed by atoms with E-state index in [0.29, 0.717) is 18.0 Å². The molecule has 2 N–H and O–H groups in total. The van der Waals surface area contributed by atoms with E-state index in [9.17, 15) is 9.90 Å². The summed E-state index contributed by atoms with van der Waals surface area (Å²) in [6.07, 6.45) is 5.54. The zero-order chi connectivity index (χ0) is 21.5. The summed E-state index contributed by atoms with van der Waals surface area (Å²) in [7, 11) is 0. The fourth-order valence-corrected chi connectivity index (χ4v) is 5.24. The van der Waals surface area contributed by atoms with Crippen molar-refractivity contribution in [3.63, 3.8) is 0 Å². The number of fused-ring (bicyclic) bond motifs is 1. The van der Waals surface area contributed by atoms with Crippen molar-refractivity contribution in [2.75, 3.05) is 0 Å². The number of nitrogens with one attached hydrogen (secondary N) is 1. The van der Waals surface area contributed by atoms with Crippen molar-refractivity contribution in [2.24, 2.45) is 17.3 Å². The molecule has 2 aliphatic carbocycles. The van der Waals surface area contributed by atoms with Gasteiger partial charge in [-0.2, -0.15) is 0 Å². The zero-order valence-electron chi connectivity index (χ0n) is 18.1. The van der Waals surface area contributed by atoms with Crippen LogP contribution in [0.2, 0.25) is 5.02 Å². The summed E-state index contributed by atoms with van der Waals surface area (Å²) in [5.74, 6) is 0.593. The number of carboxylic acid groups (broad SMARTS) is 1. The zero-order valence-corrected chi connectivity index (χ0v) is 18.8. The maximum atomic E-state index is 11.3. The van der Waals surface area contributed by atoms with E-state index in [0.717, 1.165) is 40.8 Å². The van der Waals surface area contributed by atoms with Crippen LogP contribution in [0.1, 0.15) is 58.4 Å². The lowest BCUT2D eigenvalue weighted by molar-refractivity contribution is -0.155. The number of hydrogen-bond donors (Lipinski definition) is 2. The minimum absolute atomic E-state index is 0.202. The first-order valence-corrected chi connectivity index (χ1v) is 11.5. The second-order valence-electron chi connectivity index (χ2n) is 9.81. The number of carbonyl (C=O) groups is 1. The summed E-state index contributed by atoms with van der Waals surface area (Å²) in [5, 5.41) is 15.7. The molecular formula is C25H32ClNO3. The molecule has 2 aliphatic rings. The van der Waals surface area contributed by atoms with Crippen LogP contribution < -0.4 is 10.1 Å². The average Bonchev–Trinajstić information content (AvgIpc) is 2.71. The van der Waals surface area contributed by atoms with Crippen LogP contribution in [-0.4, -0.2) is 23.2 Å². The molecule has 0 aliphatic heterocycles. The molecule has 0 spiro atoms. The van der Waals surface area contributed by atoms with E-state index >= 15 is 0 Å². The molecule has 0 radical (unpaired) electrons. The van der Waals surface area contributed by atoms with Crippen LogP contribution in [0.15, 0.2) is 30.3 Å². The summed E-state index contributed by atoms with van der Waals surface area (Å²) in [5.41, 5.74) is 0.904. The predicted octanol–water partition coefficient (Wildman–Crippen LogP) is 6.04. The standard InChI is InChI=1S/C25H32ClNO3/c1-15-4-9-18(10-5-15)30-21-11-8-17-7-6-16(12-19(17)23(21)26)14-27-22-13-20(24(28)29)25(22,2)3/h6-8,11-12,15,18,20,22,27H,4-5,9-10,13-14H2,1-3H3,(H,28,29). The quantitative estimate of drug-likeness (QED) is 0.587. The smallest absolute Gasteiger partial charge is 0.307 e. The maximum Gasteiger partial charge on any atom is 0.307 e. The maximum absolute atomic E-state index is 11.3. The number of rotatable bonds is 6. The van der Waals surface area contributed by atoms with Gasteiger partial charge in [-0.3, -0.25) is 4.79 Å². The molecule has 2 fully saturated rings. The molecule has 2 aromatic carbocycles. The molecule has 2 atom stereocenters. The third kappa shape index (κ3) is 4.17. The first-order valence-electron chi connectivity index (χ1n) is 11.1. The molecule has 2 saturated carbocycles. The highest BCUT2D eigenvalue weighted by molar-refractivity contribution is 6.37. The van der Waals surface area contributed by atoms with Gasteiger partial charge in [-0.05, 0) is 66.5 Å². The average molecular weight is 430 g/mol. The minimum Gasteiger partial charge on any atom is -0.489 e. The Morgan fingerprint density at radius 1 is 1.20 bits per heavy atom. The van der Waals surface area contributed by atoms with E-state index in [-0.39, 0.29) is 23.5 Å². The number of ether oxygens (including phenoxy) is 1. The van der Waals surface area contributed by atoms with Gasteiger partial charge in [0.2, 0.25) is 0 Å². The van der Waals surface area contributed by atoms with Crippen LogP contribution in [0.4, 0.5) is 0 Å². The fourth-order valence-electron chi connectivity index (χ4n) is 4.97. The van der Waals surface area contributed by atoms with Gasteiger partial charge in [-0.25, -0.2) is 0 Å². The topological polar surface area (TPSA) is 58.6 Å². The normalized spacial score (nSPS) is 28.1. The van der Waals surface area contributed by atoms with E-state index in [1.54, 1.807) is 0 Å². The van der Waals surface area contributed by atoms with Gasteiger partial charge in [0.25, 0.3) is 0 Å². The van der Waals surface area contributed by atoms with Crippen molar-refractivity contribution in [2.45, 2.75) is 71.6 Å². The van der Waals surface area contributed by atoms with Crippen LogP contribution in [0.3, 0.4) is 0 Å². The Bertz CT molecular complexity index is 933. The second kappa shape index (κ2) is 8.39. The summed E-state index contributed by atoms with van der Waals surface area (Å²) < 4.78 is 6.27. The van der Waals surface area contributed by atoms with Crippen molar-refractivity contribution in [3.05, 3.63) is 40.9 Å². The van der Waals surface area contributed by atoms with Gasteiger partial charge in [0.15, 0.2) is 0 Å². The molecule has 0 bridgehead atoms. The summed E-state index contributed by atoms with van der Waals surface area (Å²) in [6, 6.07) is 10.6. The Balaban J connectivity index is 1.45. The lowest BCUT2D eigenvalue weighted by atomic mass is 9.58. The van der Waals surface area contributed by atoms with Gasteiger partial charge in [0.05, 0.1) is 17.0 Å². The van der Waals surface area contributed by atoms with Crippen molar-refractivity contribution >= 4 is 28.3 Å². The third-order valence-corrected chi connectivity index (χ3v) is 7.75. The first kappa shape index (κ1) is 21.5. The minimum atomic E-state index is -0.699. The summed E-state index contributed by atoms with van der Waals surface area (Å²) in [6.45, 7) is 7.05. The molecule has 2 unspecified atom stereocenters. The summed E-state index contributed by atoms with van der Waals surface area (Å²) in [4.78, 5) is 11.3. The highest BCUT2D eigenvalue weighted by atomic mass is 35.5. The van der Waals surface area contributed by atoms with Gasteiger partial charge < -0.3 is 15.2 Å². The van der Waals surface area contributed by atoms with Crippen molar-refractivity contribution in [1.82, 2.24) is 5.32 Å². The van der Waals surface area contributed by atoms with E-state index in [2.05, 4.69) is 36.5 Å². The van der Waals surface area contributed by atoms with Crippen LogP contribution in [0.5, 0.6) is 5.75 Å². The SMILES string of the molecule is CC1CCC(Oc2ccc3ccc(CNC4CC(C(=O)O)C4(C)C)cc3c2Cl)CC1. The Morgan fingerprint density at radius 2 is 1.90 bits per heavy atom.